The van der Waals surface area contributed by atoms with Crippen LogP contribution in [0.15, 0.2) is 0 Å². The summed E-state index contributed by atoms with van der Waals surface area (Å²) >= 11 is 2.76. The number of hydrogen-bond acceptors (Lipinski definition) is 0. The van der Waals surface area contributed by atoms with Crippen LogP contribution in [-0.4, -0.2) is 8.80 Å². The van der Waals surface area contributed by atoms with Crippen molar-refractivity contribution in [1.82, 2.24) is 0 Å². The summed E-state index contributed by atoms with van der Waals surface area (Å²) < 4.78 is 0. The molecule has 0 aliphatic carbocycles. The summed E-state index contributed by atoms with van der Waals surface area (Å²) in [5, 5.41) is 0. The van der Waals surface area contributed by atoms with Crippen molar-refractivity contribution >= 4 is 8.80 Å². The van der Waals surface area contributed by atoms with Crippen molar-refractivity contribution < 1.29 is 53.5 Å². The fourth-order valence-corrected chi connectivity index (χ4v) is 0. The Hall–Kier alpha value is 1.94. The molecular formula is H3CoCrPtSi. The number of rotatable bonds is 0. The molecule has 0 spiro atoms. The molecule has 0 saturated heterocycles. The third-order valence-electron chi connectivity index (χ3n) is 0. The van der Waals surface area contributed by atoms with Gasteiger partial charge >= 0.3 is 24.4 Å². The first-order chi connectivity index (χ1) is 1.00. The summed E-state index contributed by atoms with van der Waals surface area (Å²) in [5.74, 6) is 0. The van der Waals surface area contributed by atoms with E-state index < -0.39 is 0 Å². The van der Waals surface area contributed by atoms with Crippen LogP contribution in [0.25, 0.3) is 0 Å². The Morgan fingerprint density at radius 1 is 1.25 bits per heavy atom. The first-order valence-electron chi connectivity index (χ1n) is 0.408. The van der Waals surface area contributed by atoms with Gasteiger partial charge in [0.05, 0.1) is 0 Å². The van der Waals surface area contributed by atoms with Crippen LogP contribution in [-0.2, 0) is 53.5 Å². The molecule has 0 atom stereocenters. The van der Waals surface area contributed by atoms with E-state index in [1.807, 2.05) is 0 Å². The zero-order chi connectivity index (χ0) is 2.00. The maximum absolute atomic E-state index is 2.76. The van der Waals surface area contributed by atoms with Gasteiger partial charge in [0, 0.05) is 37.8 Å². The molecule has 0 rings (SSSR count). The molecule has 0 aliphatic heterocycles. The molecule has 0 saturated carbocycles. The van der Waals surface area contributed by atoms with Crippen molar-refractivity contribution in [2.45, 2.75) is 0 Å². The molecule has 32 valence electrons. The van der Waals surface area contributed by atoms with E-state index in [4.69, 9.17) is 0 Å². The molecule has 0 unspecified atom stereocenters. The molecule has 1 radical (unpaired) electrons. The van der Waals surface area contributed by atoms with Crippen molar-refractivity contribution in [2.24, 2.45) is 0 Å². The standard InChI is InChI=1S/Co.Cr.Pt.H3Si/h;;;1H3. The Kier molecular flexibility index (Phi) is 85.3. The van der Waals surface area contributed by atoms with E-state index in [9.17, 15) is 0 Å². The second-order valence-electron chi connectivity index (χ2n) is 0. The van der Waals surface area contributed by atoms with E-state index in [1.165, 1.54) is 8.80 Å². The zero-order valence-electron chi connectivity index (χ0n) is 2.06. The molecule has 0 aromatic rings. The fourth-order valence-electron chi connectivity index (χ4n) is 0. The van der Waals surface area contributed by atoms with Crippen LogP contribution in [0.1, 0.15) is 0 Å². The topological polar surface area (TPSA) is 0 Å². The fraction of sp³-hybridized carbons (Fsp3) is 0. The minimum absolute atomic E-state index is 0. The zero-order valence-corrected chi connectivity index (χ0v) is 8.65. The summed E-state index contributed by atoms with van der Waals surface area (Å²) in [5.41, 5.74) is 0. The Bertz CT molecular complexity index is 8.00. The van der Waals surface area contributed by atoms with Gasteiger partial charge in [0.15, 0.2) is 0 Å². The average molecular weight is 337 g/mol. The van der Waals surface area contributed by atoms with Gasteiger partial charge in [0.25, 0.3) is 0 Å². The van der Waals surface area contributed by atoms with Gasteiger partial charge in [-0.15, -0.1) is 0 Å². The average Bonchev–Trinajstić information content (AvgIpc) is 1.00. The van der Waals surface area contributed by atoms with Crippen LogP contribution >= 0.6 is 0 Å². The van der Waals surface area contributed by atoms with Gasteiger partial charge < -0.3 is 0 Å². The van der Waals surface area contributed by atoms with Crippen LogP contribution in [0.4, 0.5) is 0 Å². The summed E-state index contributed by atoms with van der Waals surface area (Å²) in [6.45, 7) is 0. The predicted molar refractivity (Wildman–Crippen MR) is 9.94 cm³/mol. The molecule has 0 aromatic carbocycles. The Labute approximate surface area is 61.8 Å². The Morgan fingerprint density at radius 2 is 1.25 bits per heavy atom. The van der Waals surface area contributed by atoms with E-state index in [2.05, 4.69) is 15.6 Å². The van der Waals surface area contributed by atoms with Crippen molar-refractivity contribution in [3.8, 4) is 0 Å². The molecule has 0 heterocycles. The maximum atomic E-state index is 2.76. The van der Waals surface area contributed by atoms with Crippen LogP contribution in [0.3, 0.4) is 0 Å². The van der Waals surface area contributed by atoms with Crippen LogP contribution < -0.4 is 0 Å². The van der Waals surface area contributed by atoms with Gasteiger partial charge in [-0.3, -0.25) is 0 Å². The second-order valence-corrected chi connectivity index (χ2v) is 0. The van der Waals surface area contributed by atoms with Gasteiger partial charge in [-0.1, -0.05) is 0 Å². The molecular weight excluding hydrogens is 334 g/mol. The van der Waals surface area contributed by atoms with E-state index in [1.54, 1.807) is 0 Å². The minimum atomic E-state index is 0. The van der Waals surface area contributed by atoms with Gasteiger partial charge in [-0.2, -0.15) is 0 Å². The Balaban J connectivity index is -0.00000000500. The normalized spacial score (nSPS) is 2.00. The quantitative estimate of drug-likeness (QED) is 0.488. The summed E-state index contributed by atoms with van der Waals surface area (Å²) in [6, 6.07) is 0. The van der Waals surface area contributed by atoms with Gasteiger partial charge in [0.2, 0.25) is 0 Å². The molecule has 0 fully saturated rings. The van der Waals surface area contributed by atoms with Crippen molar-refractivity contribution in [3.05, 3.63) is 0 Å². The molecule has 4 heteroatoms. The number of hydrogen-bond donors (Lipinski definition) is 0. The van der Waals surface area contributed by atoms with E-state index in [-0.39, 0.29) is 37.8 Å². The van der Waals surface area contributed by atoms with Gasteiger partial charge in [-0.25, -0.2) is 0 Å². The van der Waals surface area contributed by atoms with Crippen LogP contribution in [0.2, 0.25) is 0 Å². The third-order valence-corrected chi connectivity index (χ3v) is 0. The first-order valence-corrected chi connectivity index (χ1v) is 5.05. The van der Waals surface area contributed by atoms with E-state index in [0.717, 1.165) is 0 Å². The van der Waals surface area contributed by atoms with Crippen molar-refractivity contribution in [2.75, 3.05) is 0 Å². The molecule has 4 heavy (non-hydrogen) atoms. The third kappa shape index (κ3) is 9.05. The van der Waals surface area contributed by atoms with Crippen molar-refractivity contribution in [1.29, 1.82) is 0 Å². The van der Waals surface area contributed by atoms with Crippen molar-refractivity contribution in [3.63, 3.8) is 0 Å². The van der Waals surface area contributed by atoms with E-state index in [0.29, 0.717) is 0 Å². The molecule has 0 aromatic heterocycles. The van der Waals surface area contributed by atoms with E-state index >= 15 is 0 Å². The molecule has 0 aliphatic rings. The van der Waals surface area contributed by atoms with Gasteiger partial charge in [-0.05, 0) is 0 Å². The monoisotopic (exact) mass is 337 g/mol. The summed E-state index contributed by atoms with van der Waals surface area (Å²) in [4.78, 5) is 0. The van der Waals surface area contributed by atoms with Gasteiger partial charge in [0.1, 0.15) is 0 Å². The predicted octanol–water partition coefficient (Wildman–Crippen LogP) is -1.19. The molecule has 0 amide bonds. The Morgan fingerprint density at radius 3 is 1.25 bits per heavy atom. The molecule has 0 N–H and O–H groups in total. The van der Waals surface area contributed by atoms with Crippen LogP contribution in [0, 0.1) is 0 Å². The molecule has 0 nitrogen and oxygen atoms in total. The summed E-state index contributed by atoms with van der Waals surface area (Å²) in [7, 11) is 1.18. The first kappa shape index (κ1) is 16.8. The SMILES string of the molecule is [Co].[Pt].[SiH3][Cr]. The molecule has 0 bridgehead atoms. The van der Waals surface area contributed by atoms with Crippen LogP contribution in [0.5, 0.6) is 0 Å². The summed E-state index contributed by atoms with van der Waals surface area (Å²) in [6.07, 6.45) is 0. The second kappa shape index (κ2) is 20.3.